The fourth-order valence-electron chi connectivity index (χ4n) is 2.08. The van der Waals surface area contributed by atoms with Gasteiger partial charge in [0.2, 0.25) is 0 Å². The zero-order chi connectivity index (χ0) is 12.8. The molecular weight excluding hydrogens is 228 g/mol. The smallest absolute Gasteiger partial charge is 0.410 e. The van der Waals surface area contributed by atoms with E-state index in [2.05, 4.69) is 12.2 Å². The number of amides is 1. The van der Waals surface area contributed by atoms with Crippen LogP contribution in [0.3, 0.4) is 0 Å². The van der Waals surface area contributed by atoms with Crippen molar-refractivity contribution in [3.8, 4) is 0 Å². The number of carbonyl (C=O) groups excluding carboxylic acids is 1. The van der Waals surface area contributed by atoms with Gasteiger partial charge in [0.15, 0.2) is 0 Å². The van der Waals surface area contributed by atoms with Crippen molar-refractivity contribution in [1.82, 2.24) is 10.2 Å². The molecule has 18 heavy (non-hydrogen) atoms. The normalized spacial score (nSPS) is 20.3. The molecule has 1 aliphatic rings. The number of benzene rings is 1. The van der Waals surface area contributed by atoms with E-state index in [1.807, 2.05) is 30.3 Å². The van der Waals surface area contributed by atoms with Crippen LogP contribution in [-0.4, -0.2) is 36.7 Å². The standard InChI is InChI=1S/C14H20N2O2/c1-12-10-16(9-5-8-15-12)14(17)18-11-13-6-3-2-4-7-13/h2-4,6-7,12,15H,5,8-11H2,1H3. The third-order valence-corrected chi connectivity index (χ3v) is 3.06. The van der Waals surface area contributed by atoms with E-state index in [9.17, 15) is 4.79 Å². The van der Waals surface area contributed by atoms with Crippen molar-refractivity contribution in [2.24, 2.45) is 0 Å². The Labute approximate surface area is 108 Å². The maximum atomic E-state index is 11.9. The van der Waals surface area contributed by atoms with Gasteiger partial charge in [-0.25, -0.2) is 4.79 Å². The molecule has 2 rings (SSSR count). The molecule has 98 valence electrons. The van der Waals surface area contributed by atoms with E-state index in [-0.39, 0.29) is 6.09 Å². The Morgan fingerprint density at radius 3 is 3.00 bits per heavy atom. The summed E-state index contributed by atoms with van der Waals surface area (Å²) < 4.78 is 5.33. The number of hydrogen-bond donors (Lipinski definition) is 1. The van der Waals surface area contributed by atoms with Gasteiger partial charge in [0.1, 0.15) is 6.61 Å². The Kier molecular flexibility index (Phi) is 4.59. The van der Waals surface area contributed by atoms with E-state index in [1.54, 1.807) is 4.90 Å². The van der Waals surface area contributed by atoms with Gasteiger partial charge in [-0.2, -0.15) is 0 Å². The van der Waals surface area contributed by atoms with E-state index in [4.69, 9.17) is 4.74 Å². The van der Waals surface area contributed by atoms with Gasteiger partial charge in [0.05, 0.1) is 0 Å². The average molecular weight is 248 g/mol. The molecular formula is C14H20N2O2. The van der Waals surface area contributed by atoms with E-state index in [0.29, 0.717) is 19.2 Å². The first-order valence-corrected chi connectivity index (χ1v) is 6.45. The minimum atomic E-state index is -0.214. The van der Waals surface area contributed by atoms with Crippen molar-refractivity contribution in [3.05, 3.63) is 35.9 Å². The molecule has 4 nitrogen and oxygen atoms in total. The Morgan fingerprint density at radius 1 is 1.44 bits per heavy atom. The summed E-state index contributed by atoms with van der Waals surface area (Å²) in [6, 6.07) is 10.1. The van der Waals surface area contributed by atoms with Crippen LogP contribution in [0.25, 0.3) is 0 Å². The van der Waals surface area contributed by atoms with Gasteiger partial charge in [-0.1, -0.05) is 30.3 Å². The molecule has 1 saturated heterocycles. The van der Waals surface area contributed by atoms with Gasteiger partial charge in [-0.15, -0.1) is 0 Å². The van der Waals surface area contributed by atoms with E-state index in [1.165, 1.54) is 0 Å². The highest BCUT2D eigenvalue weighted by molar-refractivity contribution is 5.67. The van der Waals surface area contributed by atoms with Crippen LogP contribution in [0.15, 0.2) is 30.3 Å². The molecule has 1 aromatic rings. The van der Waals surface area contributed by atoms with Crippen molar-refractivity contribution in [2.75, 3.05) is 19.6 Å². The predicted molar refractivity (Wildman–Crippen MR) is 70.3 cm³/mol. The molecule has 1 atom stereocenters. The first-order chi connectivity index (χ1) is 8.75. The topological polar surface area (TPSA) is 41.6 Å². The number of nitrogens with one attached hydrogen (secondary N) is 1. The largest absolute Gasteiger partial charge is 0.445 e. The zero-order valence-corrected chi connectivity index (χ0v) is 10.8. The number of hydrogen-bond acceptors (Lipinski definition) is 3. The Morgan fingerprint density at radius 2 is 2.22 bits per heavy atom. The first kappa shape index (κ1) is 12.9. The Bertz CT molecular complexity index is 381. The van der Waals surface area contributed by atoms with Crippen molar-refractivity contribution in [3.63, 3.8) is 0 Å². The Hall–Kier alpha value is -1.55. The molecule has 1 N–H and O–H groups in total. The second-order valence-corrected chi connectivity index (χ2v) is 4.69. The highest BCUT2D eigenvalue weighted by Crippen LogP contribution is 2.06. The third kappa shape index (κ3) is 3.74. The minimum absolute atomic E-state index is 0.214. The monoisotopic (exact) mass is 248 g/mol. The second kappa shape index (κ2) is 6.40. The van der Waals surface area contributed by atoms with Crippen LogP contribution in [0.4, 0.5) is 4.79 Å². The summed E-state index contributed by atoms with van der Waals surface area (Å²) in [4.78, 5) is 13.7. The first-order valence-electron chi connectivity index (χ1n) is 6.45. The van der Waals surface area contributed by atoms with Gasteiger partial charge < -0.3 is 15.0 Å². The van der Waals surface area contributed by atoms with E-state index >= 15 is 0 Å². The maximum absolute atomic E-state index is 11.9. The van der Waals surface area contributed by atoms with Gasteiger partial charge in [-0.05, 0) is 25.5 Å². The van der Waals surface area contributed by atoms with Gasteiger partial charge in [0.25, 0.3) is 0 Å². The molecule has 0 spiro atoms. The molecule has 1 aliphatic heterocycles. The van der Waals surface area contributed by atoms with Crippen LogP contribution in [0.1, 0.15) is 18.9 Å². The molecule has 0 radical (unpaired) electrons. The number of carbonyl (C=O) groups is 1. The third-order valence-electron chi connectivity index (χ3n) is 3.06. The van der Waals surface area contributed by atoms with Crippen LogP contribution < -0.4 is 5.32 Å². The number of ether oxygens (including phenoxy) is 1. The van der Waals surface area contributed by atoms with Gasteiger partial charge >= 0.3 is 6.09 Å². The molecule has 1 aromatic carbocycles. The zero-order valence-electron chi connectivity index (χ0n) is 10.8. The lowest BCUT2D eigenvalue weighted by Gasteiger charge is -2.21. The van der Waals surface area contributed by atoms with E-state index < -0.39 is 0 Å². The minimum Gasteiger partial charge on any atom is -0.445 e. The number of nitrogens with zero attached hydrogens (tertiary/aromatic N) is 1. The van der Waals surface area contributed by atoms with Crippen LogP contribution in [0, 0.1) is 0 Å². The van der Waals surface area contributed by atoms with Crippen LogP contribution in [0.2, 0.25) is 0 Å². The molecule has 1 heterocycles. The van der Waals surface area contributed by atoms with Crippen molar-refractivity contribution in [2.45, 2.75) is 26.0 Å². The number of rotatable bonds is 2. The van der Waals surface area contributed by atoms with Crippen LogP contribution >= 0.6 is 0 Å². The summed E-state index contributed by atoms with van der Waals surface area (Å²) in [5.74, 6) is 0. The molecule has 1 amide bonds. The summed E-state index contributed by atoms with van der Waals surface area (Å²) in [5.41, 5.74) is 1.02. The summed E-state index contributed by atoms with van der Waals surface area (Å²) in [6.07, 6.45) is 0.763. The fraction of sp³-hybridized carbons (Fsp3) is 0.500. The summed E-state index contributed by atoms with van der Waals surface area (Å²) in [6.45, 7) is 4.88. The van der Waals surface area contributed by atoms with E-state index in [0.717, 1.165) is 25.1 Å². The van der Waals surface area contributed by atoms with Crippen molar-refractivity contribution in [1.29, 1.82) is 0 Å². The molecule has 4 heteroatoms. The lowest BCUT2D eigenvalue weighted by molar-refractivity contribution is 0.0961. The summed E-state index contributed by atoms with van der Waals surface area (Å²) in [7, 11) is 0. The molecule has 0 saturated carbocycles. The molecule has 0 aliphatic carbocycles. The lowest BCUT2D eigenvalue weighted by atomic mass is 10.2. The molecule has 0 bridgehead atoms. The quantitative estimate of drug-likeness (QED) is 0.870. The Balaban J connectivity index is 1.83. The fourth-order valence-corrected chi connectivity index (χ4v) is 2.08. The van der Waals surface area contributed by atoms with Gasteiger partial charge in [0, 0.05) is 19.1 Å². The van der Waals surface area contributed by atoms with Crippen molar-refractivity contribution < 1.29 is 9.53 Å². The highest BCUT2D eigenvalue weighted by Gasteiger charge is 2.19. The second-order valence-electron chi connectivity index (χ2n) is 4.69. The predicted octanol–water partition coefficient (Wildman–Crippen LogP) is 2.01. The maximum Gasteiger partial charge on any atom is 0.410 e. The lowest BCUT2D eigenvalue weighted by Crippen LogP contribution is -2.39. The van der Waals surface area contributed by atoms with Crippen molar-refractivity contribution >= 4 is 6.09 Å². The van der Waals surface area contributed by atoms with Crippen LogP contribution in [0.5, 0.6) is 0 Å². The van der Waals surface area contributed by atoms with Crippen LogP contribution in [-0.2, 0) is 11.3 Å². The average Bonchev–Trinajstić information content (AvgIpc) is 2.62. The summed E-state index contributed by atoms with van der Waals surface area (Å²) in [5, 5.41) is 3.35. The van der Waals surface area contributed by atoms with Gasteiger partial charge in [-0.3, -0.25) is 0 Å². The SMILES string of the molecule is CC1CN(C(=O)OCc2ccccc2)CCCN1. The molecule has 1 unspecified atom stereocenters. The molecule has 1 fully saturated rings. The summed E-state index contributed by atoms with van der Waals surface area (Å²) >= 11 is 0. The highest BCUT2D eigenvalue weighted by atomic mass is 16.6. The molecule has 0 aromatic heterocycles.